The molecule has 8 heteroatoms. The fourth-order valence-electron chi connectivity index (χ4n) is 1.63. The van der Waals surface area contributed by atoms with Crippen LogP contribution in [0.3, 0.4) is 0 Å². The molecular formula is C8H11N5O3. The Balaban J connectivity index is 1.94. The first kappa shape index (κ1) is 10.5. The van der Waals surface area contributed by atoms with Gasteiger partial charge in [0.05, 0.1) is 0 Å². The van der Waals surface area contributed by atoms with E-state index >= 15 is 0 Å². The van der Waals surface area contributed by atoms with E-state index in [1.165, 1.54) is 11.0 Å². The van der Waals surface area contributed by atoms with Crippen LogP contribution in [0.5, 0.6) is 0 Å². The molecule has 8 nitrogen and oxygen atoms in total. The summed E-state index contributed by atoms with van der Waals surface area (Å²) < 4.78 is 1.24. The zero-order chi connectivity index (χ0) is 11.6. The maximum atomic E-state index is 11.5. The Kier molecular flexibility index (Phi) is 2.55. The van der Waals surface area contributed by atoms with Crippen LogP contribution in [-0.2, 0) is 16.1 Å². The quantitative estimate of drug-likeness (QED) is 0.665. The van der Waals surface area contributed by atoms with Crippen molar-refractivity contribution in [1.29, 1.82) is 0 Å². The smallest absolute Gasteiger partial charge is 0.329 e. The lowest BCUT2D eigenvalue weighted by Gasteiger charge is -2.38. The summed E-state index contributed by atoms with van der Waals surface area (Å²) in [6.45, 7) is -0.0674. The summed E-state index contributed by atoms with van der Waals surface area (Å²) in [6, 6.07) is 0. The number of carboxylic acids is 1. The van der Waals surface area contributed by atoms with Gasteiger partial charge in [0.25, 0.3) is 0 Å². The van der Waals surface area contributed by atoms with Crippen molar-refractivity contribution < 1.29 is 14.7 Å². The van der Waals surface area contributed by atoms with Gasteiger partial charge < -0.3 is 10.4 Å². The summed E-state index contributed by atoms with van der Waals surface area (Å²) in [5, 5.41) is 21.8. The van der Waals surface area contributed by atoms with E-state index in [0.29, 0.717) is 12.8 Å². The van der Waals surface area contributed by atoms with Crippen molar-refractivity contribution in [3.63, 3.8) is 0 Å². The Morgan fingerprint density at radius 3 is 2.69 bits per heavy atom. The molecule has 0 radical (unpaired) electrons. The molecule has 0 atom stereocenters. The van der Waals surface area contributed by atoms with Gasteiger partial charge in [-0.3, -0.25) is 4.79 Å². The molecule has 1 aliphatic rings. The fraction of sp³-hybridized carbons (Fsp3) is 0.625. The van der Waals surface area contributed by atoms with Crippen molar-refractivity contribution in [3.8, 4) is 0 Å². The highest BCUT2D eigenvalue weighted by Gasteiger charge is 2.45. The van der Waals surface area contributed by atoms with Crippen molar-refractivity contribution in [2.45, 2.75) is 31.3 Å². The van der Waals surface area contributed by atoms with Crippen LogP contribution in [0.4, 0.5) is 0 Å². The molecule has 0 saturated heterocycles. The van der Waals surface area contributed by atoms with Crippen molar-refractivity contribution in [3.05, 3.63) is 6.33 Å². The van der Waals surface area contributed by atoms with E-state index in [0.717, 1.165) is 6.42 Å². The largest absolute Gasteiger partial charge is 0.480 e. The lowest BCUT2D eigenvalue weighted by molar-refractivity contribution is -0.151. The Hall–Kier alpha value is -1.99. The Bertz CT molecular complexity index is 398. The summed E-state index contributed by atoms with van der Waals surface area (Å²) in [7, 11) is 0. The normalized spacial score (nSPS) is 17.5. The number of carbonyl (C=O) groups is 2. The predicted molar refractivity (Wildman–Crippen MR) is 50.2 cm³/mol. The molecule has 1 aliphatic carbocycles. The van der Waals surface area contributed by atoms with E-state index in [4.69, 9.17) is 5.11 Å². The number of nitrogens with zero attached hydrogens (tertiary/aromatic N) is 4. The molecule has 0 bridgehead atoms. The van der Waals surface area contributed by atoms with Crippen LogP contribution in [0.15, 0.2) is 6.33 Å². The van der Waals surface area contributed by atoms with Gasteiger partial charge >= 0.3 is 5.97 Å². The molecule has 1 amide bonds. The van der Waals surface area contributed by atoms with Crippen LogP contribution in [0.1, 0.15) is 19.3 Å². The predicted octanol–water partition coefficient (Wildman–Crippen LogP) is -1.20. The number of hydrogen-bond acceptors (Lipinski definition) is 5. The second kappa shape index (κ2) is 3.87. The number of hydrogen-bond donors (Lipinski definition) is 2. The van der Waals surface area contributed by atoms with Crippen LogP contribution in [-0.4, -0.2) is 42.7 Å². The average Bonchev–Trinajstić information content (AvgIpc) is 2.63. The van der Waals surface area contributed by atoms with E-state index in [1.54, 1.807) is 0 Å². The van der Waals surface area contributed by atoms with Gasteiger partial charge in [-0.1, -0.05) is 0 Å². The Morgan fingerprint density at radius 1 is 1.50 bits per heavy atom. The number of aromatic nitrogens is 4. The molecule has 1 heterocycles. The van der Waals surface area contributed by atoms with Crippen molar-refractivity contribution in [1.82, 2.24) is 25.5 Å². The topological polar surface area (TPSA) is 110 Å². The highest BCUT2D eigenvalue weighted by atomic mass is 16.4. The van der Waals surface area contributed by atoms with Gasteiger partial charge in [-0.15, -0.1) is 5.10 Å². The third kappa shape index (κ3) is 1.86. The summed E-state index contributed by atoms with van der Waals surface area (Å²) in [5.74, 6) is -1.38. The van der Waals surface area contributed by atoms with E-state index in [2.05, 4.69) is 20.8 Å². The Morgan fingerprint density at radius 2 is 2.25 bits per heavy atom. The zero-order valence-electron chi connectivity index (χ0n) is 8.46. The van der Waals surface area contributed by atoms with Gasteiger partial charge in [0, 0.05) is 0 Å². The second-order valence-electron chi connectivity index (χ2n) is 3.80. The molecule has 16 heavy (non-hydrogen) atoms. The molecule has 1 saturated carbocycles. The standard InChI is InChI=1S/C8H11N5O3/c14-6(4-13-5-9-11-12-13)10-8(7(15)16)2-1-3-8/h5H,1-4H2,(H,10,14)(H,15,16). The fourth-order valence-corrected chi connectivity index (χ4v) is 1.63. The van der Waals surface area contributed by atoms with Gasteiger partial charge in [-0.2, -0.15) is 0 Å². The zero-order valence-corrected chi connectivity index (χ0v) is 8.46. The minimum atomic E-state index is -1.08. The number of amides is 1. The number of carboxylic acid groups (broad SMARTS) is 1. The third-order valence-corrected chi connectivity index (χ3v) is 2.69. The first-order valence-electron chi connectivity index (χ1n) is 4.88. The molecule has 0 aliphatic heterocycles. The van der Waals surface area contributed by atoms with Gasteiger partial charge in [-0.05, 0) is 29.7 Å². The molecule has 86 valence electrons. The molecule has 2 N–H and O–H groups in total. The van der Waals surface area contributed by atoms with Gasteiger partial charge in [0.1, 0.15) is 18.4 Å². The molecule has 0 spiro atoms. The lowest BCUT2D eigenvalue weighted by Crippen LogP contribution is -2.59. The van der Waals surface area contributed by atoms with Gasteiger partial charge in [0.2, 0.25) is 5.91 Å². The molecule has 0 unspecified atom stereocenters. The van der Waals surface area contributed by atoms with Gasteiger partial charge in [-0.25, -0.2) is 9.48 Å². The summed E-state index contributed by atoms with van der Waals surface area (Å²) in [4.78, 5) is 22.5. The number of nitrogens with one attached hydrogen (secondary N) is 1. The monoisotopic (exact) mass is 225 g/mol. The van der Waals surface area contributed by atoms with E-state index in [9.17, 15) is 9.59 Å². The lowest BCUT2D eigenvalue weighted by atomic mass is 9.77. The number of aliphatic carboxylic acids is 1. The second-order valence-corrected chi connectivity index (χ2v) is 3.80. The summed E-state index contributed by atoms with van der Waals surface area (Å²) >= 11 is 0. The van der Waals surface area contributed by atoms with Crippen LogP contribution in [0.25, 0.3) is 0 Å². The van der Waals surface area contributed by atoms with Crippen LogP contribution >= 0.6 is 0 Å². The molecule has 1 aromatic heterocycles. The van der Waals surface area contributed by atoms with Crippen molar-refractivity contribution >= 4 is 11.9 Å². The maximum absolute atomic E-state index is 11.5. The highest BCUT2D eigenvalue weighted by molar-refractivity contribution is 5.87. The molecule has 1 aromatic rings. The number of tetrazole rings is 1. The van der Waals surface area contributed by atoms with Crippen molar-refractivity contribution in [2.24, 2.45) is 0 Å². The molecular weight excluding hydrogens is 214 g/mol. The minimum Gasteiger partial charge on any atom is -0.480 e. The van der Waals surface area contributed by atoms with Crippen LogP contribution < -0.4 is 5.32 Å². The minimum absolute atomic E-state index is 0.0674. The van der Waals surface area contributed by atoms with E-state index in [1.807, 2.05) is 0 Å². The average molecular weight is 225 g/mol. The molecule has 1 fully saturated rings. The SMILES string of the molecule is O=C(Cn1cnnn1)NC1(C(=O)O)CCC1. The first-order chi connectivity index (χ1) is 7.62. The summed E-state index contributed by atoms with van der Waals surface area (Å²) in [6.07, 6.45) is 3.07. The number of rotatable bonds is 4. The van der Waals surface area contributed by atoms with E-state index < -0.39 is 17.4 Å². The molecule has 2 rings (SSSR count). The summed E-state index contributed by atoms with van der Waals surface area (Å²) in [5.41, 5.74) is -1.08. The first-order valence-corrected chi connectivity index (χ1v) is 4.88. The van der Waals surface area contributed by atoms with Crippen LogP contribution in [0.2, 0.25) is 0 Å². The van der Waals surface area contributed by atoms with E-state index in [-0.39, 0.29) is 6.54 Å². The molecule has 0 aromatic carbocycles. The number of carbonyl (C=O) groups excluding carboxylic acids is 1. The maximum Gasteiger partial charge on any atom is 0.329 e. The Labute approximate surface area is 90.6 Å². The van der Waals surface area contributed by atoms with Gasteiger partial charge in [0.15, 0.2) is 0 Å². The third-order valence-electron chi connectivity index (χ3n) is 2.69. The van der Waals surface area contributed by atoms with Crippen LogP contribution in [0, 0.1) is 0 Å². The van der Waals surface area contributed by atoms with Crippen molar-refractivity contribution in [2.75, 3.05) is 0 Å². The highest BCUT2D eigenvalue weighted by Crippen LogP contribution is 2.31.